The number of nitrogens with zero attached hydrogens (tertiary/aromatic N) is 4. The topological polar surface area (TPSA) is 83.8 Å². The summed E-state index contributed by atoms with van der Waals surface area (Å²) in [5.74, 6) is 1.69. The van der Waals surface area contributed by atoms with Crippen LogP contribution < -0.4 is 20.3 Å². The van der Waals surface area contributed by atoms with E-state index >= 15 is 0 Å². The van der Waals surface area contributed by atoms with Crippen LogP contribution >= 0.6 is 0 Å². The molecular weight excluding hydrogens is 440 g/mol. The van der Waals surface area contributed by atoms with Gasteiger partial charge in [-0.3, -0.25) is 4.40 Å². The maximum Gasteiger partial charge on any atom is 0.315 e. The molecule has 1 aliphatic heterocycles. The van der Waals surface area contributed by atoms with Gasteiger partial charge in [0.2, 0.25) is 5.95 Å². The molecule has 2 aromatic heterocycles. The second-order valence-electron chi connectivity index (χ2n) is 10.4. The summed E-state index contributed by atoms with van der Waals surface area (Å²) < 4.78 is 8.62. The fraction of sp³-hybridized carbons (Fsp3) is 0.519. The van der Waals surface area contributed by atoms with Crippen molar-refractivity contribution in [3.8, 4) is 5.75 Å². The Morgan fingerprint density at radius 2 is 1.69 bits per heavy atom. The fourth-order valence-electron chi connectivity index (χ4n) is 5.72. The van der Waals surface area contributed by atoms with E-state index in [4.69, 9.17) is 4.74 Å². The Kier molecular flexibility index (Phi) is 5.74. The van der Waals surface area contributed by atoms with Crippen LogP contribution in [0.2, 0.25) is 0 Å². The molecule has 35 heavy (non-hydrogen) atoms. The predicted octanol–water partition coefficient (Wildman–Crippen LogP) is 4.91. The SMILES string of the molecule is C[C@@H]1CCC[C@H](C)N1c1nnc2ccc(O[C@@H]3CC[C@H](NC(=O)NC4CC4)c4ccccc43)cn12. The number of pyridine rings is 1. The number of amides is 2. The Bertz CT molecular complexity index is 1210. The molecule has 3 aliphatic rings. The lowest BCUT2D eigenvalue weighted by Gasteiger charge is -2.39. The minimum atomic E-state index is -0.0709. The second-order valence-corrected chi connectivity index (χ2v) is 10.4. The van der Waals surface area contributed by atoms with Gasteiger partial charge in [-0.25, -0.2) is 4.79 Å². The zero-order valence-electron chi connectivity index (χ0n) is 20.5. The highest BCUT2D eigenvalue weighted by Crippen LogP contribution is 2.39. The first-order valence-corrected chi connectivity index (χ1v) is 13.0. The number of hydrogen-bond acceptors (Lipinski definition) is 5. The Morgan fingerprint density at radius 3 is 2.46 bits per heavy atom. The lowest BCUT2D eigenvalue weighted by Crippen LogP contribution is -2.44. The zero-order chi connectivity index (χ0) is 23.9. The highest BCUT2D eigenvalue weighted by atomic mass is 16.5. The van der Waals surface area contributed by atoms with Crippen LogP contribution in [0.25, 0.3) is 5.65 Å². The lowest BCUT2D eigenvalue weighted by molar-refractivity contribution is 0.171. The quantitative estimate of drug-likeness (QED) is 0.549. The van der Waals surface area contributed by atoms with Crippen molar-refractivity contribution in [2.45, 2.75) is 89.1 Å². The molecule has 8 heteroatoms. The van der Waals surface area contributed by atoms with Crippen LogP contribution in [-0.4, -0.2) is 38.8 Å². The molecule has 6 rings (SSSR count). The van der Waals surface area contributed by atoms with Crippen molar-refractivity contribution in [3.63, 3.8) is 0 Å². The van der Waals surface area contributed by atoms with E-state index in [-0.39, 0.29) is 18.2 Å². The molecule has 2 amide bonds. The average molecular weight is 475 g/mol. The number of ether oxygens (including phenoxy) is 1. The Hall–Kier alpha value is -3.29. The second kappa shape index (κ2) is 9.06. The van der Waals surface area contributed by atoms with Gasteiger partial charge < -0.3 is 20.3 Å². The first kappa shape index (κ1) is 22.2. The molecule has 4 atom stereocenters. The molecule has 0 unspecified atom stereocenters. The first-order chi connectivity index (χ1) is 17.1. The van der Waals surface area contributed by atoms with Crippen LogP contribution in [0.3, 0.4) is 0 Å². The molecule has 184 valence electrons. The van der Waals surface area contributed by atoms with Gasteiger partial charge in [0, 0.05) is 18.1 Å². The fourth-order valence-corrected chi connectivity index (χ4v) is 5.72. The number of piperidine rings is 1. The summed E-state index contributed by atoms with van der Waals surface area (Å²) in [7, 11) is 0. The van der Waals surface area contributed by atoms with Crippen LogP contribution in [0, 0.1) is 0 Å². The van der Waals surface area contributed by atoms with Crippen molar-refractivity contribution in [2.24, 2.45) is 0 Å². The van der Waals surface area contributed by atoms with Crippen LogP contribution in [0.4, 0.5) is 10.7 Å². The number of aromatic nitrogens is 3. The van der Waals surface area contributed by atoms with E-state index in [0.29, 0.717) is 18.1 Å². The number of anilines is 1. The number of hydrogen-bond donors (Lipinski definition) is 2. The molecular formula is C27H34N6O2. The first-order valence-electron chi connectivity index (χ1n) is 13.0. The molecule has 3 heterocycles. The van der Waals surface area contributed by atoms with Crippen molar-refractivity contribution < 1.29 is 9.53 Å². The van der Waals surface area contributed by atoms with Crippen molar-refractivity contribution in [3.05, 3.63) is 53.7 Å². The minimum absolute atomic E-state index is 0.00110. The molecule has 1 saturated heterocycles. The summed E-state index contributed by atoms with van der Waals surface area (Å²) in [4.78, 5) is 14.8. The standard InChI is InChI=1S/C27H34N6O2/c1-17-6-5-7-18(2)33(17)27-31-30-25-15-12-20(16-32(25)27)35-24-14-13-23(21-8-3-4-9-22(21)24)29-26(34)28-19-10-11-19/h3-4,8-9,12,15-19,23-24H,5-7,10-11,13-14H2,1-2H3,(H2,28,29,34)/t17-,18+,23-,24+/m0/s1. The van der Waals surface area contributed by atoms with Gasteiger partial charge in [0.25, 0.3) is 0 Å². The van der Waals surface area contributed by atoms with Gasteiger partial charge in [-0.05, 0) is 82.1 Å². The monoisotopic (exact) mass is 474 g/mol. The maximum atomic E-state index is 12.4. The number of urea groups is 1. The summed E-state index contributed by atoms with van der Waals surface area (Å²) in [5, 5.41) is 15.2. The Morgan fingerprint density at radius 1 is 0.914 bits per heavy atom. The highest BCUT2D eigenvalue weighted by Gasteiger charge is 2.32. The van der Waals surface area contributed by atoms with Gasteiger partial charge >= 0.3 is 6.03 Å². The molecule has 2 fully saturated rings. The van der Waals surface area contributed by atoms with Crippen molar-refractivity contribution >= 4 is 17.6 Å². The number of benzene rings is 1. The third-order valence-corrected chi connectivity index (χ3v) is 7.71. The van der Waals surface area contributed by atoms with Crippen molar-refractivity contribution in [1.29, 1.82) is 0 Å². The molecule has 2 aliphatic carbocycles. The average Bonchev–Trinajstić information content (AvgIpc) is 3.57. The predicted molar refractivity (Wildman–Crippen MR) is 135 cm³/mol. The number of rotatable bonds is 5. The normalized spacial score (nSPS) is 26.3. The number of nitrogens with one attached hydrogen (secondary N) is 2. The number of fused-ring (bicyclic) bond motifs is 2. The van der Waals surface area contributed by atoms with Crippen molar-refractivity contribution in [2.75, 3.05) is 4.90 Å². The highest BCUT2D eigenvalue weighted by molar-refractivity contribution is 5.75. The molecule has 1 aromatic carbocycles. The maximum absolute atomic E-state index is 12.4. The molecule has 3 aromatic rings. The van der Waals surface area contributed by atoms with Gasteiger partial charge in [-0.15, -0.1) is 10.2 Å². The smallest absolute Gasteiger partial charge is 0.315 e. The summed E-state index contributed by atoms with van der Waals surface area (Å²) in [6.45, 7) is 4.54. The summed E-state index contributed by atoms with van der Waals surface area (Å²) in [6, 6.07) is 13.4. The van der Waals surface area contributed by atoms with E-state index in [9.17, 15) is 4.79 Å². The van der Waals surface area contributed by atoms with Crippen LogP contribution in [0.15, 0.2) is 42.6 Å². The van der Waals surface area contributed by atoms with Gasteiger partial charge in [-0.2, -0.15) is 0 Å². The Balaban J connectivity index is 1.24. The van der Waals surface area contributed by atoms with E-state index in [0.717, 1.165) is 54.2 Å². The number of carbonyl (C=O) groups is 1. The number of carbonyl (C=O) groups excluding carboxylic acids is 1. The van der Waals surface area contributed by atoms with Crippen LogP contribution in [0.5, 0.6) is 5.75 Å². The molecule has 0 spiro atoms. The summed E-state index contributed by atoms with van der Waals surface area (Å²) in [5.41, 5.74) is 3.10. The largest absolute Gasteiger partial charge is 0.484 e. The van der Waals surface area contributed by atoms with Gasteiger partial charge in [-0.1, -0.05) is 24.3 Å². The van der Waals surface area contributed by atoms with E-state index in [1.807, 2.05) is 30.5 Å². The van der Waals surface area contributed by atoms with E-state index in [1.165, 1.54) is 19.3 Å². The van der Waals surface area contributed by atoms with Crippen molar-refractivity contribution in [1.82, 2.24) is 25.2 Å². The Labute approximate surface area is 206 Å². The van der Waals surface area contributed by atoms with E-state index in [1.54, 1.807) is 0 Å². The lowest BCUT2D eigenvalue weighted by atomic mass is 9.85. The van der Waals surface area contributed by atoms with E-state index in [2.05, 4.69) is 56.1 Å². The van der Waals surface area contributed by atoms with E-state index < -0.39 is 0 Å². The van der Waals surface area contributed by atoms with Gasteiger partial charge in [0.1, 0.15) is 11.9 Å². The molecule has 1 saturated carbocycles. The third-order valence-electron chi connectivity index (χ3n) is 7.71. The summed E-state index contributed by atoms with van der Waals surface area (Å²) >= 11 is 0. The van der Waals surface area contributed by atoms with Crippen LogP contribution in [-0.2, 0) is 0 Å². The zero-order valence-corrected chi connectivity index (χ0v) is 20.5. The van der Waals surface area contributed by atoms with Gasteiger partial charge in [0.05, 0.1) is 12.2 Å². The van der Waals surface area contributed by atoms with Gasteiger partial charge in [0.15, 0.2) is 5.65 Å². The summed E-state index contributed by atoms with van der Waals surface area (Å²) in [6.07, 6.45) is 9.38. The third kappa shape index (κ3) is 4.42. The molecule has 0 bridgehead atoms. The molecule has 2 N–H and O–H groups in total. The van der Waals surface area contributed by atoms with Crippen LogP contribution in [0.1, 0.15) is 82.1 Å². The molecule has 0 radical (unpaired) electrons. The molecule has 8 nitrogen and oxygen atoms in total. The minimum Gasteiger partial charge on any atom is -0.484 e.